The number of amides is 1. The lowest BCUT2D eigenvalue weighted by Crippen LogP contribution is -2.36. The van der Waals surface area contributed by atoms with E-state index in [1.54, 1.807) is 24.4 Å². The number of carbonyl (C=O) groups is 1. The topological polar surface area (TPSA) is 71.3 Å². The fourth-order valence-corrected chi connectivity index (χ4v) is 2.26. The minimum Gasteiger partial charge on any atom is -0.389 e. The molecule has 1 atom stereocenters. The van der Waals surface area contributed by atoms with Crippen molar-refractivity contribution in [3.05, 3.63) is 68.6 Å². The molecule has 22 heavy (non-hydrogen) atoms. The third-order valence-electron chi connectivity index (χ3n) is 2.98. The lowest BCUT2D eigenvalue weighted by atomic mass is 10.2. The highest BCUT2D eigenvalue weighted by Crippen LogP contribution is 2.20. The predicted molar refractivity (Wildman–Crippen MR) is 85.5 cm³/mol. The lowest BCUT2D eigenvalue weighted by Gasteiger charge is -2.14. The van der Waals surface area contributed by atoms with E-state index in [-0.39, 0.29) is 29.2 Å². The van der Waals surface area contributed by atoms with E-state index in [9.17, 15) is 14.7 Å². The van der Waals surface area contributed by atoms with Crippen LogP contribution in [-0.2, 0) is 6.54 Å². The van der Waals surface area contributed by atoms with E-state index in [2.05, 4.69) is 5.32 Å². The van der Waals surface area contributed by atoms with E-state index in [1.165, 1.54) is 22.8 Å². The van der Waals surface area contributed by atoms with Crippen molar-refractivity contribution >= 4 is 29.1 Å². The van der Waals surface area contributed by atoms with Crippen LogP contribution in [-0.4, -0.2) is 28.2 Å². The molecule has 1 aromatic carbocycles. The first kappa shape index (κ1) is 16.5. The summed E-state index contributed by atoms with van der Waals surface area (Å²) in [6, 6.07) is 9.27. The molecular weight excluding hydrogens is 327 g/mol. The Kier molecular flexibility index (Phi) is 5.60. The fraction of sp³-hybridized carbons (Fsp3) is 0.200. The van der Waals surface area contributed by atoms with E-state index in [0.29, 0.717) is 5.02 Å². The average molecular weight is 341 g/mol. The third-order valence-corrected chi connectivity index (χ3v) is 3.54. The molecule has 2 N–H and O–H groups in total. The van der Waals surface area contributed by atoms with Gasteiger partial charge < -0.3 is 15.0 Å². The van der Waals surface area contributed by atoms with Crippen LogP contribution in [0, 0.1) is 0 Å². The molecule has 0 aliphatic rings. The Morgan fingerprint density at radius 1 is 1.27 bits per heavy atom. The van der Waals surface area contributed by atoms with Crippen molar-refractivity contribution in [2.24, 2.45) is 0 Å². The number of nitrogens with one attached hydrogen (secondary N) is 1. The van der Waals surface area contributed by atoms with E-state index < -0.39 is 12.0 Å². The minimum absolute atomic E-state index is 0.0109. The van der Waals surface area contributed by atoms with Gasteiger partial charge in [-0.3, -0.25) is 9.59 Å². The van der Waals surface area contributed by atoms with Gasteiger partial charge in [0.1, 0.15) is 0 Å². The number of aliphatic hydroxyl groups is 1. The molecule has 5 nitrogen and oxygen atoms in total. The number of hydrogen-bond acceptors (Lipinski definition) is 3. The van der Waals surface area contributed by atoms with Gasteiger partial charge in [-0.1, -0.05) is 29.3 Å². The summed E-state index contributed by atoms with van der Waals surface area (Å²) in [5, 5.41) is 13.1. The van der Waals surface area contributed by atoms with Crippen molar-refractivity contribution in [3.8, 4) is 0 Å². The van der Waals surface area contributed by atoms with Gasteiger partial charge in [-0.2, -0.15) is 0 Å². The predicted octanol–water partition coefficient (Wildman–Crippen LogP) is 1.95. The minimum atomic E-state index is -0.901. The molecule has 0 saturated carbocycles. The number of rotatable bonds is 5. The zero-order chi connectivity index (χ0) is 16.1. The van der Waals surface area contributed by atoms with Crippen LogP contribution in [0.25, 0.3) is 0 Å². The monoisotopic (exact) mass is 340 g/mol. The molecule has 2 rings (SSSR count). The Balaban J connectivity index is 1.95. The molecule has 0 radical (unpaired) electrons. The maximum absolute atomic E-state index is 12.0. The van der Waals surface area contributed by atoms with E-state index in [4.69, 9.17) is 23.2 Å². The number of aliphatic hydroxyl groups excluding tert-OH is 1. The highest BCUT2D eigenvalue weighted by atomic mass is 35.5. The first-order chi connectivity index (χ1) is 10.5. The summed E-state index contributed by atoms with van der Waals surface area (Å²) in [6.45, 7) is 0.0756. The maximum Gasteiger partial charge on any atom is 0.252 e. The van der Waals surface area contributed by atoms with Gasteiger partial charge in [0.15, 0.2) is 0 Å². The zero-order valence-corrected chi connectivity index (χ0v) is 13.0. The Morgan fingerprint density at radius 2 is 2.05 bits per heavy atom. The quantitative estimate of drug-likeness (QED) is 0.873. The number of benzene rings is 1. The van der Waals surface area contributed by atoms with Crippen LogP contribution in [0.1, 0.15) is 10.4 Å². The van der Waals surface area contributed by atoms with Crippen molar-refractivity contribution in [1.29, 1.82) is 0 Å². The van der Waals surface area contributed by atoms with Crippen LogP contribution in [0.15, 0.2) is 47.4 Å². The second-order valence-corrected chi connectivity index (χ2v) is 5.52. The van der Waals surface area contributed by atoms with Gasteiger partial charge in [-0.05, 0) is 24.3 Å². The number of carbonyl (C=O) groups excluding carboxylic acids is 1. The summed E-state index contributed by atoms with van der Waals surface area (Å²) < 4.78 is 1.36. The van der Waals surface area contributed by atoms with Crippen LogP contribution < -0.4 is 10.9 Å². The number of nitrogens with zero attached hydrogens (tertiary/aromatic N) is 1. The van der Waals surface area contributed by atoms with Crippen molar-refractivity contribution in [3.63, 3.8) is 0 Å². The molecule has 2 aromatic rings. The summed E-state index contributed by atoms with van der Waals surface area (Å²) in [5.41, 5.74) is 0.0176. The Morgan fingerprint density at radius 3 is 2.77 bits per heavy atom. The summed E-state index contributed by atoms with van der Waals surface area (Å²) in [4.78, 5) is 23.5. The Hall–Kier alpha value is -1.82. The van der Waals surface area contributed by atoms with Gasteiger partial charge in [0.25, 0.3) is 11.5 Å². The molecule has 7 heteroatoms. The average Bonchev–Trinajstić information content (AvgIpc) is 2.49. The summed E-state index contributed by atoms with van der Waals surface area (Å²) in [7, 11) is 0. The normalized spacial score (nSPS) is 12.0. The highest BCUT2D eigenvalue weighted by Gasteiger charge is 2.13. The van der Waals surface area contributed by atoms with Crippen LogP contribution >= 0.6 is 23.2 Å². The van der Waals surface area contributed by atoms with Gasteiger partial charge in [-0.25, -0.2) is 0 Å². The number of halogens is 2. The van der Waals surface area contributed by atoms with Crippen LogP contribution in [0.5, 0.6) is 0 Å². The van der Waals surface area contributed by atoms with Crippen LogP contribution in [0.4, 0.5) is 0 Å². The van der Waals surface area contributed by atoms with Gasteiger partial charge in [-0.15, -0.1) is 0 Å². The molecule has 1 heterocycles. The van der Waals surface area contributed by atoms with Crippen molar-refractivity contribution in [2.45, 2.75) is 12.6 Å². The molecule has 0 fully saturated rings. The zero-order valence-electron chi connectivity index (χ0n) is 11.5. The van der Waals surface area contributed by atoms with Crippen molar-refractivity contribution in [2.75, 3.05) is 6.54 Å². The summed E-state index contributed by atoms with van der Waals surface area (Å²) in [5.74, 6) is -0.438. The molecule has 0 saturated heterocycles. The standard InChI is InChI=1S/C15H14Cl2N2O3/c16-10-4-5-13(17)12(7-10)15(22)18-8-11(20)9-19-6-2-1-3-14(19)21/h1-7,11,20H,8-9H2,(H,18,22). The first-order valence-electron chi connectivity index (χ1n) is 6.54. The number of pyridine rings is 1. The van der Waals surface area contributed by atoms with Crippen molar-refractivity contribution < 1.29 is 9.90 Å². The van der Waals surface area contributed by atoms with E-state index in [0.717, 1.165) is 0 Å². The molecular formula is C15H14Cl2N2O3. The fourth-order valence-electron chi connectivity index (χ4n) is 1.88. The van der Waals surface area contributed by atoms with Crippen LogP contribution in [0.2, 0.25) is 10.0 Å². The molecule has 0 bridgehead atoms. The molecule has 116 valence electrons. The van der Waals surface area contributed by atoms with Crippen LogP contribution in [0.3, 0.4) is 0 Å². The molecule has 1 unspecified atom stereocenters. The molecule has 0 aliphatic heterocycles. The smallest absolute Gasteiger partial charge is 0.252 e. The highest BCUT2D eigenvalue weighted by molar-refractivity contribution is 6.35. The number of aromatic nitrogens is 1. The van der Waals surface area contributed by atoms with Gasteiger partial charge >= 0.3 is 0 Å². The van der Waals surface area contributed by atoms with Gasteiger partial charge in [0.05, 0.1) is 23.2 Å². The Bertz CT molecular complexity index is 731. The van der Waals surface area contributed by atoms with Gasteiger partial charge in [0.2, 0.25) is 0 Å². The van der Waals surface area contributed by atoms with Crippen molar-refractivity contribution in [1.82, 2.24) is 9.88 Å². The van der Waals surface area contributed by atoms with Gasteiger partial charge in [0, 0.05) is 23.8 Å². The summed E-state index contributed by atoms with van der Waals surface area (Å²) >= 11 is 11.8. The maximum atomic E-state index is 12.0. The molecule has 0 aliphatic carbocycles. The summed E-state index contributed by atoms with van der Waals surface area (Å²) in [6.07, 6.45) is 0.670. The van der Waals surface area contributed by atoms with E-state index >= 15 is 0 Å². The second-order valence-electron chi connectivity index (χ2n) is 4.68. The Labute approximate surface area is 137 Å². The SMILES string of the molecule is O=C(NCC(O)Cn1ccccc1=O)c1cc(Cl)ccc1Cl. The molecule has 1 aromatic heterocycles. The lowest BCUT2D eigenvalue weighted by molar-refractivity contribution is 0.0903. The van der Waals surface area contributed by atoms with E-state index in [1.807, 2.05) is 0 Å². The number of hydrogen-bond donors (Lipinski definition) is 2. The molecule has 0 spiro atoms. The third kappa shape index (κ3) is 4.34. The first-order valence-corrected chi connectivity index (χ1v) is 7.30. The largest absolute Gasteiger partial charge is 0.389 e. The second kappa shape index (κ2) is 7.45. The molecule has 1 amide bonds.